The van der Waals surface area contributed by atoms with Gasteiger partial charge in [0, 0.05) is 36.2 Å². The molecule has 0 spiro atoms. The van der Waals surface area contributed by atoms with Gasteiger partial charge >= 0.3 is 0 Å². The second-order valence-corrected chi connectivity index (χ2v) is 10.2. The van der Waals surface area contributed by atoms with E-state index in [1.54, 1.807) is 30.6 Å². The molecule has 1 heterocycles. The van der Waals surface area contributed by atoms with Crippen molar-refractivity contribution in [1.82, 2.24) is 14.9 Å². The van der Waals surface area contributed by atoms with Gasteiger partial charge < -0.3 is 20.5 Å². The van der Waals surface area contributed by atoms with Gasteiger partial charge in [0.2, 0.25) is 0 Å². The number of aryl methyl sites for hydroxylation is 1. The summed E-state index contributed by atoms with van der Waals surface area (Å²) in [5.41, 5.74) is 1.59. The summed E-state index contributed by atoms with van der Waals surface area (Å²) >= 11 is 0. The molecule has 2 aliphatic carbocycles. The second-order valence-electron chi connectivity index (χ2n) is 10.2. The number of hydrogen-bond donors (Lipinski definition) is 3. The standard InChI is InChI=1S/C29H33FN4O4/c1-19-5-6-20(27(36)32-22-8-9-22)17-24(19)34-14-13-31-26(28(34)37)33-29(11-12-29)23-18-21(30)7-10-25(23)38-16-4-2-3-15-35/h5-7,10,13-14,17-18,22,35H,2-4,8-9,11-12,15-16H2,1H3,(H,31,33)(H,32,36). The molecular formula is C29H33FN4O4. The van der Waals surface area contributed by atoms with Gasteiger partial charge in [-0.15, -0.1) is 0 Å². The molecule has 0 unspecified atom stereocenters. The van der Waals surface area contributed by atoms with E-state index in [1.807, 2.05) is 13.0 Å². The number of anilines is 1. The Morgan fingerprint density at radius 1 is 1.18 bits per heavy atom. The first-order valence-corrected chi connectivity index (χ1v) is 13.2. The highest BCUT2D eigenvalue weighted by molar-refractivity contribution is 5.95. The van der Waals surface area contributed by atoms with Crippen molar-refractivity contribution in [1.29, 1.82) is 0 Å². The maximum Gasteiger partial charge on any atom is 0.297 e. The molecule has 200 valence electrons. The number of nitrogens with zero attached hydrogens (tertiary/aromatic N) is 2. The van der Waals surface area contributed by atoms with Crippen molar-refractivity contribution in [3.8, 4) is 11.4 Å². The minimum absolute atomic E-state index is 0.147. The number of rotatable bonds is 12. The minimum Gasteiger partial charge on any atom is -0.493 e. The number of hydrogen-bond acceptors (Lipinski definition) is 6. The van der Waals surface area contributed by atoms with E-state index in [9.17, 15) is 14.0 Å². The molecular weight excluding hydrogens is 487 g/mol. The Labute approximate surface area is 220 Å². The first kappa shape index (κ1) is 25.9. The maximum absolute atomic E-state index is 14.3. The summed E-state index contributed by atoms with van der Waals surface area (Å²) in [6.45, 7) is 2.49. The third kappa shape index (κ3) is 5.72. The van der Waals surface area contributed by atoms with Crippen molar-refractivity contribution in [2.24, 2.45) is 0 Å². The van der Waals surface area contributed by atoms with Crippen molar-refractivity contribution in [3.63, 3.8) is 0 Å². The number of carbonyl (C=O) groups excluding carboxylic acids is 1. The van der Waals surface area contributed by atoms with Crippen molar-refractivity contribution >= 4 is 11.7 Å². The molecule has 0 radical (unpaired) electrons. The number of aromatic nitrogens is 2. The predicted molar refractivity (Wildman–Crippen MR) is 142 cm³/mol. The van der Waals surface area contributed by atoms with Crippen LogP contribution in [0.3, 0.4) is 0 Å². The molecule has 0 aliphatic heterocycles. The fourth-order valence-electron chi connectivity index (χ4n) is 4.58. The molecule has 1 aromatic heterocycles. The fraction of sp³-hybridized carbons (Fsp3) is 0.414. The summed E-state index contributed by atoms with van der Waals surface area (Å²) in [6, 6.07) is 9.99. The maximum atomic E-state index is 14.3. The predicted octanol–water partition coefficient (Wildman–Crippen LogP) is 4.21. The molecule has 3 aromatic rings. The largest absolute Gasteiger partial charge is 0.493 e. The number of amides is 1. The number of carbonyl (C=O) groups is 1. The van der Waals surface area contributed by atoms with Gasteiger partial charge in [0.1, 0.15) is 11.6 Å². The molecule has 38 heavy (non-hydrogen) atoms. The van der Waals surface area contributed by atoms with Gasteiger partial charge in [0.15, 0.2) is 5.82 Å². The molecule has 2 fully saturated rings. The highest BCUT2D eigenvalue weighted by Crippen LogP contribution is 2.51. The van der Waals surface area contributed by atoms with Crippen molar-refractivity contribution in [2.75, 3.05) is 18.5 Å². The van der Waals surface area contributed by atoms with Crippen LogP contribution in [0.5, 0.6) is 5.75 Å². The monoisotopic (exact) mass is 520 g/mol. The zero-order valence-electron chi connectivity index (χ0n) is 21.5. The van der Waals surface area contributed by atoms with E-state index in [1.165, 1.54) is 16.7 Å². The van der Waals surface area contributed by atoms with E-state index >= 15 is 0 Å². The van der Waals surface area contributed by atoms with Crippen LogP contribution in [-0.2, 0) is 5.54 Å². The average molecular weight is 521 g/mol. The van der Waals surface area contributed by atoms with E-state index in [2.05, 4.69) is 15.6 Å². The summed E-state index contributed by atoms with van der Waals surface area (Å²) < 4.78 is 21.8. The molecule has 0 atom stereocenters. The smallest absolute Gasteiger partial charge is 0.297 e. The summed E-state index contributed by atoms with van der Waals surface area (Å²) in [4.78, 5) is 30.5. The first-order chi connectivity index (χ1) is 18.4. The second kappa shape index (κ2) is 10.9. The van der Waals surface area contributed by atoms with E-state index in [0.717, 1.165) is 31.2 Å². The van der Waals surface area contributed by atoms with Gasteiger partial charge in [0.25, 0.3) is 11.5 Å². The van der Waals surface area contributed by atoms with Gasteiger partial charge in [-0.05, 0) is 87.8 Å². The van der Waals surface area contributed by atoms with E-state index < -0.39 is 5.54 Å². The van der Waals surface area contributed by atoms with E-state index in [-0.39, 0.29) is 35.8 Å². The number of nitrogens with one attached hydrogen (secondary N) is 2. The molecule has 2 aromatic carbocycles. The average Bonchev–Trinajstić information content (AvgIpc) is 3.84. The number of ether oxygens (including phenoxy) is 1. The van der Waals surface area contributed by atoms with Gasteiger partial charge in [-0.3, -0.25) is 14.2 Å². The molecule has 8 nitrogen and oxygen atoms in total. The normalized spacial score (nSPS) is 15.7. The lowest BCUT2D eigenvalue weighted by molar-refractivity contribution is 0.0951. The van der Waals surface area contributed by atoms with Crippen LogP contribution in [0.1, 0.15) is 66.4 Å². The lowest BCUT2D eigenvalue weighted by Gasteiger charge is -2.22. The molecule has 2 saturated carbocycles. The molecule has 0 bridgehead atoms. The third-order valence-corrected chi connectivity index (χ3v) is 7.11. The summed E-state index contributed by atoms with van der Waals surface area (Å²) in [5, 5.41) is 15.2. The van der Waals surface area contributed by atoms with Crippen LogP contribution in [0.2, 0.25) is 0 Å². The van der Waals surface area contributed by atoms with Crippen LogP contribution in [0.15, 0.2) is 53.6 Å². The molecule has 1 amide bonds. The number of unbranched alkanes of at least 4 members (excludes halogenated alkanes) is 2. The molecule has 9 heteroatoms. The molecule has 0 saturated heterocycles. The Morgan fingerprint density at radius 2 is 2.00 bits per heavy atom. The zero-order valence-corrected chi connectivity index (χ0v) is 21.5. The minimum atomic E-state index is -0.658. The Balaban J connectivity index is 1.40. The van der Waals surface area contributed by atoms with Crippen molar-refractivity contribution in [3.05, 3.63) is 81.7 Å². The SMILES string of the molecule is Cc1ccc(C(=O)NC2CC2)cc1-n1ccnc(NC2(c3cc(F)ccc3OCCCCCO)CC2)c1=O. The van der Waals surface area contributed by atoms with Crippen molar-refractivity contribution in [2.45, 2.75) is 63.5 Å². The number of halogens is 1. The Morgan fingerprint density at radius 3 is 2.74 bits per heavy atom. The lowest BCUT2D eigenvalue weighted by Crippen LogP contribution is -2.30. The van der Waals surface area contributed by atoms with Crippen LogP contribution in [-0.4, -0.2) is 39.8 Å². The van der Waals surface area contributed by atoms with Crippen LogP contribution in [0.4, 0.5) is 10.2 Å². The Bertz CT molecular complexity index is 1380. The highest BCUT2D eigenvalue weighted by Gasteiger charge is 2.47. The fourth-order valence-corrected chi connectivity index (χ4v) is 4.58. The summed E-state index contributed by atoms with van der Waals surface area (Å²) in [5.74, 6) is 0.189. The topological polar surface area (TPSA) is 105 Å². The quantitative estimate of drug-likeness (QED) is 0.309. The number of aliphatic hydroxyl groups excluding tert-OH is 1. The number of aliphatic hydroxyl groups is 1. The highest BCUT2D eigenvalue weighted by atomic mass is 19.1. The van der Waals surface area contributed by atoms with E-state index in [0.29, 0.717) is 48.4 Å². The van der Waals surface area contributed by atoms with Crippen LogP contribution >= 0.6 is 0 Å². The molecule has 5 rings (SSSR count). The Hall–Kier alpha value is -3.72. The summed E-state index contributed by atoms with van der Waals surface area (Å²) in [6.07, 6.45) is 8.84. The third-order valence-electron chi connectivity index (χ3n) is 7.11. The molecule has 2 aliphatic rings. The van der Waals surface area contributed by atoms with Crippen LogP contribution < -0.4 is 20.9 Å². The van der Waals surface area contributed by atoms with Gasteiger partial charge in [-0.2, -0.15) is 0 Å². The van der Waals surface area contributed by atoms with E-state index in [4.69, 9.17) is 9.84 Å². The van der Waals surface area contributed by atoms with Gasteiger partial charge in [-0.1, -0.05) is 6.07 Å². The molecule has 3 N–H and O–H groups in total. The Kier molecular flexibility index (Phi) is 7.46. The van der Waals surface area contributed by atoms with Gasteiger partial charge in [0.05, 0.1) is 17.8 Å². The first-order valence-electron chi connectivity index (χ1n) is 13.2. The van der Waals surface area contributed by atoms with Gasteiger partial charge in [-0.25, -0.2) is 9.37 Å². The van der Waals surface area contributed by atoms with Crippen molar-refractivity contribution < 1.29 is 19.0 Å². The number of benzene rings is 2. The summed E-state index contributed by atoms with van der Waals surface area (Å²) in [7, 11) is 0. The lowest BCUT2D eigenvalue weighted by atomic mass is 10.0. The van der Waals surface area contributed by atoms with Crippen LogP contribution in [0.25, 0.3) is 5.69 Å². The zero-order chi connectivity index (χ0) is 26.7. The van der Waals surface area contributed by atoms with Crippen LogP contribution in [0, 0.1) is 12.7 Å².